The van der Waals surface area contributed by atoms with Gasteiger partial charge < -0.3 is 28.8 Å². The zero-order valence-electron chi connectivity index (χ0n) is 39.1. The molecule has 354 valence electrons. The summed E-state index contributed by atoms with van der Waals surface area (Å²) in [6, 6.07) is 0. The van der Waals surface area contributed by atoms with E-state index in [2.05, 4.69) is 6.92 Å². The molecule has 7 aliphatic carbocycles. The Hall–Kier alpha value is -2.78. The third kappa shape index (κ3) is 11.7. The fourth-order valence-electron chi connectivity index (χ4n) is 10.6. The van der Waals surface area contributed by atoms with Crippen LogP contribution >= 0.6 is 0 Å². The molecule has 62 heavy (non-hydrogen) atoms. The van der Waals surface area contributed by atoms with E-state index in [9.17, 15) is 37.5 Å². The van der Waals surface area contributed by atoms with Crippen LogP contribution in [0.15, 0.2) is 0 Å². The summed E-state index contributed by atoms with van der Waals surface area (Å²) < 4.78 is 56.0. The van der Waals surface area contributed by atoms with E-state index in [-0.39, 0.29) is 72.4 Å². The van der Waals surface area contributed by atoms with E-state index in [1.54, 1.807) is 13.8 Å². The molecule has 1 saturated heterocycles. The molecule has 0 amide bonds. The summed E-state index contributed by atoms with van der Waals surface area (Å²) in [5, 5.41) is 10.2. The molecule has 7 saturated carbocycles. The fourth-order valence-corrected chi connectivity index (χ4v) is 12.5. The molecule has 6 bridgehead atoms. The molecule has 1 aliphatic heterocycles. The van der Waals surface area contributed by atoms with Gasteiger partial charge in [-0.05, 0) is 150 Å². The Kier molecular flexibility index (Phi) is 15.4. The molecule has 0 aromatic heterocycles. The number of fused-ring (bicyclic) bond motifs is 1. The molecule has 8 fully saturated rings. The van der Waals surface area contributed by atoms with Crippen LogP contribution in [0.2, 0.25) is 0 Å². The first-order valence-corrected chi connectivity index (χ1v) is 24.8. The Morgan fingerprint density at radius 1 is 0.694 bits per heavy atom. The third-order valence-electron chi connectivity index (χ3n) is 15.4. The topological polar surface area (TPSA) is 195 Å². The van der Waals surface area contributed by atoms with Crippen molar-refractivity contribution in [1.82, 2.24) is 0 Å². The predicted octanol–water partition coefficient (Wildman–Crippen LogP) is 7.69. The molecule has 0 radical (unpaired) electrons. The van der Waals surface area contributed by atoms with Crippen LogP contribution in [-0.4, -0.2) is 90.8 Å². The van der Waals surface area contributed by atoms with Crippen molar-refractivity contribution in [2.75, 3.05) is 13.2 Å². The lowest BCUT2D eigenvalue weighted by atomic mass is 9.52. The number of carbonyl (C=O) groups is 5. The van der Waals surface area contributed by atoms with E-state index in [4.69, 9.17) is 27.9 Å². The zero-order valence-corrected chi connectivity index (χ0v) is 40.0. The smallest absolute Gasteiger partial charge is 0.312 e. The average molecular weight is 897 g/mol. The normalized spacial score (nSPS) is 33.0. The van der Waals surface area contributed by atoms with Crippen molar-refractivity contribution in [1.29, 1.82) is 0 Å². The van der Waals surface area contributed by atoms with Crippen molar-refractivity contribution in [3.63, 3.8) is 0 Å². The summed E-state index contributed by atoms with van der Waals surface area (Å²) in [6.07, 6.45) is 12.0. The van der Waals surface area contributed by atoms with Crippen molar-refractivity contribution >= 4 is 40.0 Å². The first kappa shape index (κ1) is 50.2. The van der Waals surface area contributed by atoms with E-state index < -0.39 is 55.9 Å². The second kappa shape index (κ2) is 19.0. The van der Waals surface area contributed by atoms with Gasteiger partial charge in [0.15, 0.2) is 0 Å². The molecule has 1 N–H and O–H groups in total. The maximum Gasteiger partial charge on any atom is 0.312 e. The van der Waals surface area contributed by atoms with Crippen LogP contribution in [0.3, 0.4) is 0 Å². The number of hydrogen-bond donors (Lipinski definition) is 1. The van der Waals surface area contributed by atoms with E-state index in [1.807, 2.05) is 48.5 Å². The van der Waals surface area contributed by atoms with Gasteiger partial charge >= 0.3 is 29.8 Å². The number of hydrogen-bond acceptors (Lipinski definition) is 14. The summed E-state index contributed by atoms with van der Waals surface area (Å²) in [4.78, 5) is 59.8. The third-order valence-corrected chi connectivity index (χ3v) is 17.2. The fraction of sp³-hybridized carbons (Fsp3) is 0.894. The van der Waals surface area contributed by atoms with Crippen molar-refractivity contribution in [3.8, 4) is 0 Å². The van der Waals surface area contributed by atoms with Gasteiger partial charge in [-0.25, -0.2) is 0 Å². The highest BCUT2D eigenvalue weighted by atomic mass is 32.2. The van der Waals surface area contributed by atoms with Crippen molar-refractivity contribution in [3.05, 3.63) is 0 Å². The summed E-state index contributed by atoms with van der Waals surface area (Å²) in [5.74, 6) is -0.652. The molecule has 15 heteroatoms. The lowest BCUT2D eigenvalue weighted by Crippen LogP contribution is -2.61. The largest absolute Gasteiger partial charge is 0.462 e. The molecule has 8 aliphatic rings. The summed E-state index contributed by atoms with van der Waals surface area (Å²) in [5.41, 5.74) is -2.42. The average Bonchev–Trinajstić information content (AvgIpc) is 3.93. The maximum atomic E-state index is 12.4. The highest BCUT2D eigenvalue weighted by molar-refractivity contribution is 7.87. The number of rotatable bonds is 15. The molecule has 8 rings (SSSR count). The minimum Gasteiger partial charge on any atom is -0.462 e. The van der Waals surface area contributed by atoms with Crippen LogP contribution in [0.4, 0.5) is 0 Å². The molecule has 14 nitrogen and oxygen atoms in total. The van der Waals surface area contributed by atoms with E-state index >= 15 is 0 Å². The van der Waals surface area contributed by atoms with Crippen molar-refractivity contribution in [2.45, 2.75) is 213 Å². The monoisotopic (exact) mass is 896 g/mol. The van der Waals surface area contributed by atoms with Crippen LogP contribution in [0.1, 0.15) is 178 Å². The molecule has 0 aromatic rings. The van der Waals surface area contributed by atoms with Gasteiger partial charge in [0.2, 0.25) is 0 Å². The Morgan fingerprint density at radius 3 is 1.76 bits per heavy atom. The highest BCUT2D eigenvalue weighted by Crippen LogP contribution is 2.59. The first-order valence-electron chi connectivity index (χ1n) is 23.3. The Bertz CT molecular complexity index is 1750. The maximum absolute atomic E-state index is 12.4. The Labute approximate surface area is 370 Å². The van der Waals surface area contributed by atoms with Gasteiger partial charge in [-0.2, -0.15) is 8.42 Å². The lowest BCUT2D eigenvalue weighted by molar-refractivity contribution is -0.225. The molecule has 0 spiro atoms. The lowest BCUT2D eigenvalue weighted by Gasteiger charge is -2.59. The van der Waals surface area contributed by atoms with Crippen LogP contribution in [0.5, 0.6) is 0 Å². The molecule has 0 aromatic carbocycles. The van der Waals surface area contributed by atoms with Gasteiger partial charge in [-0.1, -0.05) is 20.8 Å². The Morgan fingerprint density at radius 2 is 1.21 bits per heavy atom. The number of ether oxygens (including phenoxy) is 5. The van der Waals surface area contributed by atoms with E-state index in [1.165, 1.54) is 19.3 Å². The Balaban J connectivity index is 0.000000189. The first-order chi connectivity index (χ1) is 28.7. The van der Waals surface area contributed by atoms with Gasteiger partial charge in [0.25, 0.3) is 10.1 Å². The minimum absolute atomic E-state index is 0.00904. The summed E-state index contributed by atoms with van der Waals surface area (Å²) in [6.45, 7) is 19.2. The van der Waals surface area contributed by atoms with Gasteiger partial charge in [0.05, 0.1) is 39.9 Å². The van der Waals surface area contributed by atoms with E-state index in [0.29, 0.717) is 37.5 Å². The minimum atomic E-state index is -3.56. The standard InChI is InChI=1S/C19H28O9S.C16H26O3.C12H22O2/c1-4-19(2,3)18(22)26-8-7-25-14(20)5-6-15(21)27-16-11-9-12-13(10-11)29(23,24)28-17(12)16;1-4-14(2,3)13(17)19-16-8-11-5-12(9-16)7-15(18,6-11)10-16;1-5-11(2,3)10(13)14-12(4)8-6-7-9-12/h11-13,16-17H,4-10H2,1-3H3;11-12,18H,4-10H2,1-3H3;5-9H2,1-4H3. The summed E-state index contributed by atoms with van der Waals surface area (Å²) >= 11 is 0. The van der Waals surface area contributed by atoms with Crippen LogP contribution in [0, 0.1) is 39.9 Å². The van der Waals surface area contributed by atoms with E-state index in [0.717, 1.165) is 51.4 Å². The van der Waals surface area contributed by atoms with Crippen LogP contribution in [0.25, 0.3) is 0 Å². The molecule has 7 atom stereocenters. The van der Waals surface area contributed by atoms with Gasteiger partial charge in [0.1, 0.15) is 36.6 Å². The SMILES string of the molecule is CCC(C)(C)C(=O)OC1(C)CCCC1.CCC(C)(C)C(=O)OC12CC3CC(CC(O)(C3)C1)C2.CCC(C)(C)C(=O)OCCOC(=O)CCC(=O)OC1C2CC3C1OS(=O)(=O)C3C2. The summed E-state index contributed by atoms with van der Waals surface area (Å²) in [7, 11) is -3.56. The molecule has 1 heterocycles. The number of carbonyl (C=O) groups excluding carboxylic acids is 5. The van der Waals surface area contributed by atoms with Crippen molar-refractivity contribution < 1.29 is 65.4 Å². The van der Waals surface area contributed by atoms with Crippen molar-refractivity contribution in [2.24, 2.45) is 39.9 Å². The molecular weight excluding hydrogens is 821 g/mol. The van der Waals surface area contributed by atoms with Gasteiger partial charge in [-0.15, -0.1) is 0 Å². The molecular formula is C47H76O14S. The molecule has 7 unspecified atom stereocenters. The predicted molar refractivity (Wildman–Crippen MR) is 228 cm³/mol. The number of esters is 5. The quantitative estimate of drug-likeness (QED) is 0.0727. The highest BCUT2D eigenvalue weighted by Gasteiger charge is 2.65. The van der Waals surface area contributed by atoms with Gasteiger partial charge in [0, 0.05) is 18.3 Å². The van der Waals surface area contributed by atoms with Crippen LogP contribution < -0.4 is 0 Å². The number of aliphatic hydroxyl groups is 1. The zero-order chi connectivity index (χ0) is 46.1. The van der Waals surface area contributed by atoms with Gasteiger partial charge in [-0.3, -0.25) is 28.2 Å². The second-order valence-corrected chi connectivity index (χ2v) is 23.6. The second-order valence-electron chi connectivity index (χ2n) is 21.8. The van der Waals surface area contributed by atoms with Crippen LogP contribution in [-0.2, 0) is 62.0 Å².